The van der Waals surface area contributed by atoms with Crippen LogP contribution in [-0.4, -0.2) is 16.2 Å². The monoisotopic (exact) mass is 353 g/mol. The molecule has 0 unspecified atom stereocenters. The summed E-state index contributed by atoms with van der Waals surface area (Å²) in [5.41, 5.74) is 2.99. The molecule has 132 valence electrons. The number of phenolic OH excluding ortho intramolecular Hbond substituents is 1. The topological polar surface area (TPSA) is 32.6 Å². The van der Waals surface area contributed by atoms with E-state index in [0.717, 1.165) is 28.1 Å². The van der Waals surface area contributed by atoms with Gasteiger partial charge in [-0.1, -0.05) is 63.4 Å². The first-order chi connectivity index (χ1) is 12.2. The molecule has 0 amide bonds. The highest BCUT2D eigenvalue weighted by Crippen LogP contribution is 2.17. The van der Waals surface area contributed by atoms with Crippen LogP contribution in [0.2, 0.25) is 0 Å². The minimum Gasteiger partial charge on any atom is -0.508 e. The molecule has 2 aromatic rings. The summed E-state index contributed by atoms with van der Waals surface area (Å²) in [5.74, 6) is 0.264. The minimum atomic E-state index is 0.264. The van der Waals surface area contributed by atoms with Gasteiger partial charge in [-0.2, -0.15) is 0 Å². The predicted molar refractivity (Wildman–Crippen MR) is 111 cm³/mol. The second-order valence-electron chi connectivity index (χ2n) is 6.34. The Kier molecular flexibility index (Phi) is 8.33. The van der Waals surface area contributed by atoms with E-state index in [0.29, 0.717) is 0 Å². The summed E-state index contributed by atoms with van der Waals surface area (Å²) in [4.78, 5) is 5.51. The number of thiocarbonyl (C=S) groups is 1. The van der Waals surface area contributed by atoms with Gasteiger partial charge in [0.2, 0.25) is 0 Å². The second-order valence-corrected chi connectivity index (χ2v) is 6.83. The summed E-state index contributed by atoms with van der Waals surface area (Å²) in [6.07, 6.45) is 10.5. The molecular weight excluding hydrogens is 326 g/mol. The van der Waals surface area contributed by atoms with Crippen molar-refractivity contribution >= 4 is 29.0 Å². The van der Waals surface area contributed by atoms with Gasteiger partial charge in [0.05, 0.1) is 5.69 Å². The molecule has 2 aromatic carbocycles. The summed E-state index contributed by atoms with van der Waals surface area (Å²) < 4.78 is 0. The van der Waals surface area contributed by atoms with Crippen LogP contribution in [0.15, 0.2) is 53.5 Å². The summed E-state index contributed by atoms with van der Waals surface area (Å²) in [6, 6.07) is 15.1. The Morgan fingerprint density at radius 3 is 2.24 bits per heavy atom. The van der Waals surface area contributed by atoms with Gasteiger partial charge in [-0.15, -0.1) is 0 Å². The minimum absolute atomic E-state index is 0.264. The van der Waals surface area contributed by atoms with Crippen LogP contribution in [0.4, 0.5) is 5.69 Å². The number of benzene rings is 2. The number of aromatic hydroxyl groups is 1. The van der Waals surface area contributed by atoms with Gasteiger partial charge < -0.3 is 5.11 Å². The number of hydrogen-bond acceptors (Lipinski definition) is 3. The number of rotatable bonds is 10. The molecule has 0 spiro atoms. The van der Waals surface area contributed by atoms with Crippen molar-refractivity contribution < 1.29 is 5.11 Å². The van der Waals surface area contributed by atoms with E-state index in [9.17, 15) is 5.11 Å². The van der Waals surface area contributed by atoms with Crippen molar-refractivity contribution in [3.05, 3.63) is 59.7 Å². The maximum absolute atomic E-state index is 9.28. The highest BCUT2D eigenvalue weighted by atomic mass is 32.1. The van der Waals surface area contributed by atoms with E-state index >= 15 is 0 Å². The number of hydrogen-bond donors (Lipinski definition) is 1. The zero-order valence-electron chi connectivity index (χ0n) is 14.9. The number of aliphatic imine (C=N–C) groups is 1. The molecule has 0 aliphatic rings. The molecule has 2 nitrogen and oxygen atoms in total. The first-order valence-corrected chi connectivity index (χ1v) is 9.56. The van der Waals surface area contributed by atoms with E-state index < -0.39 is 0 Å². The molecule has 0 aliphatic heterocycles. The summed E-state index contributed by atoms with van der Waals surface area (Å²) in [5, 5.41) is 9.28. The Labute approximate surface area is 156 Å². The molecule has 0 atom stereocenters. The fraction of sp³-hybridized carbons (Fsp3) is 0.364. The molecule has 0 saturated heterocycles. The second kappa shape index (κ2) is 10.8. The molecule has 25 heavy (non-hydrogen) atoms. The third-order valence-corrected chi connectivity index (χ3v) is 4.64. The Bertz CT molecular complexity index is 674. The van der Waals surface area contributed by atoms with Gasteiger partial charge >= 0.3 is 0 Å². The molecule has 3 heteroatoms. The molecule has 0 bridgehead atoms. The van der Waals surface area contributed by atoms with Crippen LogP contribution in [-0.2, 0) is 0 Å². The van der Waals surface area contributed by atoms with Crippen LogP contribution < -0.4 is 0 Å². The standard InChI is InChI=1S/C22H27NOS/c1-2-3-4-5-6-7-8-22(25)19-11-13-20(14-12-19)23-17-18-9-15-21(24)16-10-18/h9-17,24H,2-8H2,1H3. The largest absolute Gasteiger partial charge is 0.508 e. The maximum atomic E-state index is 9.28. The lowest BCUT2D eigenvalue weighted by Crippen LogP contribution is -1.96. The average Bonchev–Trinajstić information content (AvgIpc) is 2.64. The van der Waals surface area contributed by atoms with Crippen molar-refractivity contribution in [1.82, 2.24) is 0 Å². The summed E-state index contributed by atoms with van der Waals surface area (Å²) >= 11 is 5.56. The van der Waals surface area contributed by atoms with Gasteiger partial charge in [-0.3, -0.25) is 4.99 Å². The van der Waals surface area contributed by atoms with Crippen molar-refractivity contribution in [3.8, 4) is 5.75 Å². The zero-order valence-corrected chi connectivity index (χ0v) is 15.8. The van der Waals surface area contributed by atoms with Gasteiger partial charge in [0.1, 0.15) is 5.75 Å². The van der Waals surface area contributed by atoms with E-state index in [4.69, 9.17) is 12.2 Å². The zero-order chi connectivity index (χ0) is 17.9. The molecule has 0 radical (unpaired) electrons. The third kappa shape index (κ3) is 7.18. The smallest absolute Gasteiger partial charge is 0.115 e. The van der Waals surface area contributed by atoms with Crippen LogP contribution in [0.1, 0.15) is 63.0 Å². The van der Waals surface area contributed by atoms with Crippen molar-refractivity contribution in [2.24, 2.45) is 4.99 Å². The molecule has 2 rings (SSSR count). The van der Waals surface area contributed by atoms with Gasteiger partial charge in [-0.25, -0.2) is 0 Å². The average molecular weight is 354 g/mol. The number of phenols is 1. The highest BCUT2D eigenvalue weighted by molar-refractivity contribution is 7.80. The first-order valence-electron chi connectivity index (χ1n) is 9.15. The molecule has 0 aromatic heterocycles. The summed E-state index contributed by atoms with van der Waals surface area (Å²) in [7, 11) is 0. The Hall–Kier alpha value is -2.00. The quantitative estimate of drug-likeness (QED) is 0.225. The van der Waals surface area contributed by atoms with E-state index in [1.807, 2.05) is 24.3 Å². The van der Waals surface area contributed by atoms with Gasteiger partial charge in [0, 0.05) is 11.1 Å². The molecular formula is C22H27NOS. The SMILES string of the molecule is CCCCCCCCC(=S)c1ccc(N=Cc2ccc(O)cc2)cc1. The third-order valence-electron chi connectivity index (χ3n) is 4.20. The van der Waals surface area contributed by atoms with Crippen LogP contribution in [0.25, 0.3) is 0 Å². The number of unbranched alkanes of at least 4 members (excludes halogenated alkanes) is 5. The van der Waals surface area contributed by atoms with Crippen molar-refractivity contribution in [3.63, 3.8) is 0 Å². The van der Waals surface area contributed by atoms with E-state index in [-0.39, 0.29) is 5.75 Å². The van der Waals surface area contributed by atoms with Gasteiger partial charge in [-0.05, 0) is 60.4 Å². The predicted octanol–water partition coefficient (Wildman–Crippen LogP) is 6.61. The Balaban J connectivity index is 1.80. The van der Waals surface area contributed by atoms with Crippen molar-refractivity contribution in [1.29, 1.82) is 0 Å². The van der Waals surface area contributed by atoms with E-state index in [2.05, 4.69) is 24.0 Å². The highest BCUT2D eigenvalue weighted by Gasteiger charge is 2.01. The fourth-order valence-electron chi connectivity index (χ4n) is 2.65. The fourth-order valence-corrected chi connectivity index (χ4v) is 2.93. The van der Waals surface area contributed by atoms with Crippen LogP contribution >= 0.6 is 12.2 Å². The molecule has 1 N–H and O–H groups in total. The molecule has 0 heterocycles. The van der Waals surface area contributed by atoms with Crippen LogP contribution in [0, 0.1) is 0 Å². The first kappa shape index (κ1) is 19.3. The van der Waals surface area contributed by atoms with Crippen molar-refractivity contribution in [2.75, 3.05) is 0 Å². The lowest BCUT2D eigenvalue weighted by atomic mass is 10.0. The lowest BCUT2D eigenvalue weighted by Gasteiger charge is -2.05. The molecule has 0 aliphatic carbocycles. The van der Waals surface area contributed by atoms with Gasteiger partial charge in [0.25, 0.3) is 0 Å². The lowest BCUT2D eigenvalue weighted by molar-refractivity contribution is 0.475. The van der Waals surface area contributed by atoms with E-state index in [1.165, 1.54) is 38.5 Å². The van der Waals surface area contributed by atoms with Crippen LogP contribution in [0.5, 0.6) is 5.75 Å². The van der Waals surface area contributed by atoms with Crippen LogP contribution in [0.3, 0.4) is 0 Å². The Morgan fingerprint density at radius 1 is 0.920 bits per heavy atom. The molecule has 0 fully saturated rings. The normalized spacial score (nSPS) is 11.1. The Morgan fingerprint density at radius 2 is 1.56 bits per heavy atom. The van der Waals surface area contributed by atoms with Crippen molar-refractivity contribution in [2.45, 2.75) is 51.9 Å². The number of nitrogens with zero attached hydrogens (tertiary/aromatic N) is 1. The summed E-state index contributed by atoms with van der Waals surface area (Å²) in [6.45, 7) is 2.24. The molecule has 0 saturated carbocycles. The van der Waals surface area contributed by atoms with E-state index in [1.54, 1.807) is 18.3 Å². The van der Waals surface area contributed by atoms with Gasteiger partial charge in [0.15, 0.2) is 0 Å². The maximum Gasteiger partial charge on any atom is 0.115 e.